The molecule has 0 spiro atoms. The maximum Gasteiger partial charge on any atom is 0.407 e. The van der Waals surface area contributed by atoms with Crippen LogP contribution in [0.3, 0.4) is 0 Å². The maximum atomic E-state index is 11.2. The lowest BCUT2D eigenvalue weighted by atomic mass is 10.2. The van der Waals surface area contributed by atoms with Crippen LogP contribution in [0.2, 0.25) is 0 Å². The molecule has 0 saturated heterocycles. The molecule has 0 saturated carbocycles. The van der Waals surface area contributed by atoms with E-state index in [0.29, 0.717) is 4.31 Å². The Kier molecular flexibility index (Phi) is 6.11. The molecule has 1 unspecified atom stereocenters. The van der Waals surface area contributed by atoms with E-state index in [1.807, 2.05) is 0 Å². The predicted molar refractivity (Wildman–Crippen MR) is 62.4 cm³/mol. The first-order valence-corrected chi connectivity index (χ1v) is 6.04. The zero-order valence-corrected chi connectivity index (χ0v) is 11.2. The number of rotatable bonds is 4. The van der Waals surface area contributed by atoms with Crippen LogP contribution in [0.25, 0.3) is 0 Å². The van der Waals surface area contributed by atoms with Crippen LogP contribution in [0.1, 0.15) is 27.2 Å². The van der Waals surface area contributed by atoms with Gasteiger partial charge in [-0.1, -0.05) is 0 Å². The second-order valence-corrected chi connectivity index (χ2v) is 5.31. The van der Waals surface area contributed by atoms with Gasteiger partial charge in [-0.25, -0.2) is 13.3 Å². The molecule has 1 atom stereocenters. The Hall–Kier alpha value is -1.15. The maximum absolute atomic E-state index is 11.2. The Morgan fingerprint density at radius 2 is 1.94 bits per heavy atom. The van der Waals surface area contributed by atoms with Gasteiger partial charge in [0.05, 0.1) is 0 Å². The van der Waals surface area contributed by atoms with Gasteiger partial charge >= 0.3 is 6.09 Å². The second-order valence-electron chi connectivity index (χ2n) is 4.30. The second kappa shape index (κ2) is 6.55. The first-order chi connectivity index (χ1) is 7.63. The van der Waals surface area contributed by atoms with Gasteiger partial charge in [-0.2, -0.15) is 0 Å². The highest BCUT2D eigenvalue weighted by molar-refractivity contribution is 7.77. The van der Waals surface area contributed by atoms with Gasteiger partial charge in [0.15, 0.2) is 0 Å². The summed E-state index contributed by atoms with van der Waals surface area (Å²) in [5.41, 5.74) is -0.600. The average Bonchev–Trinajstić information content (AvgIpc) is 2.13. The van der Waals surface area contributed by atoms with Crippen molar-refractivity contribution in [2.24, 2.45) is 0 Å². The molecule has 17 heavy (non-hydrogen) atoms. The third-order valence-corrected chi connectivity index (χ3v) is 2.26. The number of alkyl carbamates (subject to hydrolysis) is 1. The molecule has 0 aromatic carbocycles. The molecule has 0 aliphatic heterocycles. The summed E-state index contributed by atoms with van der Waals surface area (Å²) in [5, 5.41) is 2.37. The van der Waals surface area contributed by atoms with Crippen molar-refractivity contribution in [1.29, 1.82) is 0 Å². The lowest BCUT2D eigenvalue weighted by Gasteiger charge is -2.19. The van der Waals surface area contributed by atoms with Crippen molar-refractivity contribution in [3.63, 3.8) is 0 Å². The number of hydrogen-bond donors (Lipinski definition) is 2. The summed E-state index contributed by atoms with van der Waals surface area (Å²) in [6.07, 6.45) is -0.694. The van der Waals surface area contributed by atoms with Crippen LogP contribution in [0.15, 0.2) is 0 Å². The standard InChI is InChI=1S/C9H18N2O5S/c1-9(2,3)16-8(13)10-6-5-7(12)11(4)17(14)15/h5-6H2,1-4H3,(H,10,13)(H,14,15). The number of hydrogen-bond acceptors (Lipinski definition) is 4. The molecule has 100 valence electrons. The summed E-state index contributed by atoms with van der Waals surface area (Å²) in [6.45, 7) is 5.22. The Balaban J connectivity index is 3.89. The highest BCUT2D eigenvalue weighted by Gasteiger charge is 2.17. The minimum atomic E-state index is -2.33. The van der Waals surface area contributed by atoms with Crippen LogP contribution in [0.5, 0.6) is 0 Å². The summed E-state index contributed by atoms with van der Waals surface area (Å²) < 4.78 is 24.8. The quantitative estimate of drug-likeness (QED) is 0.722. The van der Waals surface area contributed by atoms with Crippen molar-refractivity contribution in [3.05, 3.63) is 0 Å². The molecule has 0 aromatic heterocycles. The number of nitrogens with zero attached hydrogens (tertiary/aromatic N) is 1. The normalized spacial score (nSPS) is 12.8. The van der Waals surface area contributed by atoms with Crippen LogP contribution in [-0.2, 0) is 20.8 Å². The predicted octanol–water partition coefficient (Wildman–Crippen LogP) is 0.496. The Morgan fingerprint density at radius 1 is 1.41 bits per heavy atom. The van der Waals surface area contributed by atoms with E-state index < -0.39 is 28.9 Å². The Bertz CT molecular complexity index is 313. The fraction of sp³-hybridized carbons (Fsp3) is 0.778. The van der Waals surface area contributed by atoms with Gasteiger partial charge in [0.2, 0.25) is 5.91 Å². The SMILES string of the molecule is CN(C(=O)CCNC(=O)OC(C)(C)C)S(=O)O. The van der Waals surface area contributed by atoms with Gasteiger partial charge in [0.25, 0.3) is 11.3 Å². The molecule has 0 rings (SSSR count). The van der Waals surface area contributed by atoms with Gasteiger partial charge in [-0.3, -0.25) is 9.35 Å². The summed E-state index contributed by atoms with van der Waals surface area (Å²) >= 11 is -2.33. The molecule has 2 amide bonds. The molecule has 0 heterocycles. The van der Waals surface area contributed by atoms with E-state index in [2.05, 4.69) is 5.32 Å². The number of nitrogens with one attached hydrogen (secondary N) is 1. The third-order valence-electron chi connectivity index (χ3n) is 1.59. The van der Waals surface area contributed by atoms with Crippen LogP contribution in [0.4, 0.5) is 4.79 Å². The van der Waals surface area contributed by atoms with Crippen molar-refractivity contribution < 1.29 is 23.1 Å². The molecule has 0 radical (unpaired) electrons. The first kappa shape index (κ1) is 15.9. The molecular weight excluding hydrogens is 248 g/mol. The van der Waals surface area contributed by atoms with Gasteiger partial charge in [-0.05, 0) is 20.8 Å². The zero-order chi connectivity index (χ0) is 13.6. The topological polar surface area (TPSA) is 95.9 Å². The van der Waals surface area contributed by atoms with Crippen LogP contribution in [-0.4, -0.2) is 44.3 Å². The lowest BCUT2D eigenvalue weighted by Crippen LogP contribution is -2.36. The Labute approximate surface area is 103 Å². The average molecular weight is 266 g/mol. The molecular formula is C9H18N2O5S. The lowest BCUT2D eigenvalue weighted by molar-refractivity contribution is -0.125. The van der Waals surface area contributed by atoms with Crippen LogP contribution in [0, 0.1) is 0 Å². The van der Waals surface area contributed by atoms with Gasteiger partial charge in [0.1, 0.15) is 5.60 Å². The number of ether oxygens (including phenoxy) is 1. The van der Waals surface area contributed by atoms with Crippen LogP contribution >= 0.6 is 0 Å². The Morgan fingerprint density at radius 3 is 2.35 bits per heavy atom. The summed E-state index contributed by atoms with van der Waals surface area (Å²) in [6, 6.07) is 0. The largest absolute Gasteiger partial charge is 0.444 e. The fourth-order valence-corrected chi connectivity index (χ4v) is 1.10. The number of carbonyl (C=O) groups excluding carboxylic acids is 2. The van der Waals surface area contributed by atoms with Crippen molar-refractivity contribution in [3.8, 4) is 0 Å². The molecule has 0 aromatic rings. The van der Waals surface area contributed by atoms with Crippen molar-refractivity contribution in [2.75, 3.05) is 13.6 Å². The van der Waals surface area contributed by atoms with E-state index in [4.69, 9.17) is 9.29 Å². The summed E-state index contributed by atoms with van der Waals surface area (Å²) in [5.74, 6) is -0.540. The molecule has 2 N–H and O–H groups in total. The van der Waals surface area contributed by atoms with Crippen LogP contribution < -0.4 is 5.32 Å². The van der Waals surface area contributed by atoms with E-state index in [1.165, 1.54) is 7.05 Å². The minimum absolute atomic E-state index is 0.0509. The highest BCUT2D eigenvalue weighted by Crippen LogP contribution is 2.06. The van der Waals surface area contributed by atoms with E-state index in [9.17, 15) is 13.8 Å². The molecule has 8 heteroatoms. The van der Waals surface area contributed by atoms with E-state index in [1.54, 1.807) is 20.8 Å². The summed E-state index contributed by atoms with van der Waals surface area (Å²) in [7, 11) is 1.20. The molecule has 0 aliphatic rings. The number of amides is 2. The minimum Gasteiger partial charge on any atom is -0.444 e. The molecule has 0 bridgehead atoms. The van der Waals surface area contributed by atoms with Crippen molar-refractivity contribution >= 4 is 23.3 Å². The van der Waals surface area contributed by atoms with E-state index in [-0.39, 0.29) is 13.0 Å². The van der Waals surface area contributed by atoms with E-state index >= 15 is 0 Å². The van der Waals surface area contributed by atoms with Gasteiger partial charge in [-0.15, -0.1) is 0 Å². The molecule has 0 fully saturated rings. The zero-order valence-electron chi connectivity index (χ0n) is 10.3. The highest BCUT2D eigenvalue weighted by atomic mass is 32.2. The van der Waals surface area contributed by atoms with Crippen molar-refractivity contribution in [1.82, 2.24) is 9.62 Å². The van der Waals surface area contributed by atoms with Crippen molar-refractivity contribution in [2.45, 2.75) is 32.8 Å². The first-order valence-electron chi connectivity index (χ1n) is 4.98. The third kappa shape index (κ3) is 7.70. The monoisotopic (exact) mass is 266 g/mol. The number of carbonyl (C=O) groups is 2. The summed E-state index contributed by atoms with van der Waals surface area (Å²) in [4.78, 5) is 22.4. The van der Waals surface area contributed by atoms with Gasteiger partial charge < -0.3 is 10.1 Å². The van der Waals surface area contributed by atoms with Gasteiger partial charge in [0, 0.05) is 20.0 Å². The smallest absolute Gasteiger partial charge is 0.407 e. The molecule has 0 aliphatic carbocycles. The fourth-order valence-electron chi connectivity index (χ4n) is 0.830. The van der Waals surface area contributed by atoms with E-state index in [0.717, 1.165) is 0 Å². The molecule has 7 nitrogen and oxygen atoms in total.